The van der Waals surface area contributed by atoms with E-state index in [0.29, 0.717) is 5.56 Å². The van der Waals surface area contributed by atoms with Gasteiger partial charge in [0.05, 0.1) is 17.1 Å². The molecular weight excluding hydrogens is 268 g/mol. The number of fused-ring (bicyclic) bond motifs is 3. The van der Waals surface area contributed by atoms with Gasteiger partial charge in [-0.05, 0) is 35.4 Å². The molecule has 4 aromatic rings. The molecule has 22 heavy (non-hydrogen) atoms. The zero-order valence-corrected chi connectivity index (χ0v) is 12.2. The third kappa shape index (κ3) is 1.80. The minimum absolute atomic E-state index is 0.696. The van der Waals surface area contributed by atoms with Gasteiger partial charge in [0, 0.05) is 23.3 Å². The molecule has 1 heterocycles. The fourth-order valence-electron chi connectivity index (χ4n) is 3.09. The molecule has 0 unspecified atom stereocenters. The van der Waals surface area contributed by atoms with Crippen LogP contribution in [0.3, 0.4) is 0 Å². The van der Waals surface area contributed by atoms with E-state index in [1.165, 1.54) is 27.4 Å². The molecule has 1 aromatic heterocycles. The Morgan fingerprint density at radius 2 is 1.59 bits per heavy atom. The highest BCUT2D eigenvalue weighted by Crippen LogP contribution is 2.32. The monoisotopic (exact) mass is 282 g/mol. The summed E-state index contributed by atoms with van der Waals surface area (Å²) < 4.78 is 2.15. The molecule has 2 nitrogen and oxygen atoms in total. The van der Waals surface area contributed by atoms with Crippen LogP contribution in [0.5, 0.6) is 0 Å². The highest BCUT2D eigenvalue weighted by atomic mass is 14.9. The van der Waals surface area contributed by atoms with Gasteiger partial charge in [0.25, 0.3) is 0 Å². The van der Waals surface area contributed by atoms with Crippen LogP contribution >= 0.6 is 0 Å². The van der Waals surface area contributed by atoms with Crippen LogP contribution in [0.25, 0.3) is 32.9 Å². The van der Waals surface area contributed by atoms with E-state index in [-0.39, 0.29) is 0 Å². The second-order valence-corrected chi connectivity index (χ2v) is 5.50. The first kappa shape index (κ1) is 12.7. The Morgan fingerprint density at radius 3 is 2.36 bits per heavy atom. The van der Waals surface area contributed by atoms with Crippen LogP contribution in [0.15, 0.2) is 66.7 Å². The molecule has 0 atom stereocenters. The maximum atomic E-state index is 9.10. The van der Waals surface area contributed by atoms with Crippen LogP contribution < -0.4 is 0 Å². The normalized spacial score (nSPS) is 10.9. The average molecular weight is 282 g/mol. The summed E-state index contributed by atoms with van der Waals surface area (Å²) in [6, 6.07) is 25.0. The Bertz CT molecular complexity index is 1030. The van der Waals surface area contributed by atoms with Crippen LogP contribution in [-0.2, 0) is 7.05 Å². The van der Waals surface area contributed by atoms with Gasteiger partial charge < -0.3 is 4.57 Å². The number of benzene rings is 3. The fourth-order valence-corrected chi connectivity index (χ4v) is 3.09. The van der Waals surface area contributed by atoms with Crippen molar-refractivity contribution in [1.29, 1.82) is 5.26 Å². The van der Waals surface area contributed by atoms with E-state index < -0.39 is 0 Å². The van der Waals surface area contributed by atoms with Crippen molar-refractivity contribution in [3.63, 3.8) is 0 Å². The van der Waals surface area contributed by atoms with Gasteiger partial charge in [-0.15, -0.1) is 0 Å². The summed E-state index contributed by atoms with van der Waals surface area (Å²) in [4.78, 5) is 0. The molecular formula is C20H14N2. The average Bonchev–Trinajstić information content (AvgIpc) is 2.87. The van der Waals surface area contributed by atoms with Gasteiger partial charge >= 0.3 is 0 Å². The summed E-state index contributed by atoms with van der Waals surface area (Å²) in [5, 5.41) is 11.5. The topological polar surface area (TPSA) is 28.7 Å². The summed E-state index contributed by atoms with van der Waals surface area (Å²) in [6.07, 6.45) is 0. The van der Waals surface area contributed by atoms with Gasteiger partial charge in [0.2, 0.25) is 0 Å². The van der Waals surface area contributed by atoms with Crippen LogP contribution in [0.2, 0.25) is 0 Å². The molecule has 0 fully saturated rings. The molecule has 3 aromatic carbocycles. The van der Waals surface area contributed by atoms with E-state index in [1.807, 2.05) is 31.3 Å². The van der Waals surface area contributed by atoms with Gasteiger partial charge in [0.15, 0.2) is 0 Å². The molecule has 104 valence electrons. The van der Waals surface area contributed by atoms with Gasteiger partial charge in [-0.3, -0.25) is 0 Å². The van der Waals surface area contributed by atoms with Crippen LogP contribution in [0.1, 0.15) is 5.56 Å². The number of hydrogen-bond donors (Lipinski definition) is 0. The first-order valence-electron chi connectivity index (χ1n) is 7.25. The molecule has 0 amide bonds. The number of nitrogens with zero attached hydrogens (tertiary/aromatic N) is 2. The molecule has 0 spiro atoms. The number of hydrogen-bond acceptors (Lipinski definition) is 1. The number of rotatable bonds is 1. The minimum atomic E-state index is 0.696. The maximum absolute atomic E-state index is 9.10. The zero-order chi connectivity index (χ0) is 15.1. The lowest BCUT2D eigenvalue weighted by molar-refractivity contribution is 1.01. The third-order valence-corrected chi connectivity index (χ3v) is 4.24. The van der Waals surface area contributed by atoms with Crippen LogP contribution in [0, 0.1) is 11.3 Å². The van der Waals surface area contributed by atoms with E-state index in [2.05, 4.69) is 53.1 Å². The van der Waals surface area contributed by atoms with Gasteiger partial charge in [-0.1, -0.05) is 42.5 Å². The van der Waals surface area contributed by atoms with Crippen LogP contribution in [0.4, 0.5) is 0 Å². The smallest absolute Gasteiger partial charge is 0.0992 e. The standard InChI is InChI=1S/C20H14N2/c1-22-19-10-8-16(15-5-3-2-4-6-15)12-18(19)17-9-7-14(13-21)11-20(17)22/h2-12H,1H3. The van der Waals surface area contributed by atoms with Gasteiger partial charge in [-0.25, -0.2) is 0 Å². The van der Waals surface area contributed by atoms with Crippen molar-refractivity contribution in [3.8, 4) is 17.2 Å². The molecule has 0 aliphatic carbocycles. The second kappa shape index (κ2) is 4.75. The van der Waals surface area contributed by atoms with E-state index in [1.54, 1.807) is 0 Å². The summed E-state index contributed by atoms with van der Waals surface area (Å²) in [5.41, 5.74) is 5.41. The largest absolute Gasteiger partial charge is 0.344 e. The molecule has 2 heteroatoms. The Labute approximate surface area is 128 Å². The van der Waals surface area contributed by atoms with Crippen molar-refractivity contribution in [2.45, 2.75) is 0 Å². The SMILES string of the molecule is Cn1c2ccc(-c3ccccc3)cc2c2ccc(C#N)cc21. The molecule has 0 radical (unpaired) electrons. The predicted molar refractivity (Wildman–Crippen MR) is 90.6 cm³/mol. The first-order chi connectivity index (χ1) is 10.8. The van der Waals surface area contributed by atoms with Crippen molar-refractivity contribution in [2.75, 3.05) is 0 Å². The minimum Gasteiger partial charge on any atom is -0.344 e. The number of nitriles is 1. The number of aryl methyl sites for hydroxylation is 1. The lowest BCUT2D eigenvalue weighted by atomic mass is 10.0. The third-order valence-electron chi connectivity index (χ3n) is 4.24. The fraction of sp³-hybridized carbons (Fsp3) is 0.0500. The van der Waals surface area contributed by atoms with E-state index in [4.69, 9.17) is 5.26 Å². The molecule has 0 bridgehead atoms. The highest BCUT2D eigenvalue weighted by Gasteiger charge is 2.10. The first-order valence-corrected chi connectivity index (χ1v) is 7.25. The summed E-state index contributed by atoms with van der Waals surface area (Å²) in [6.45, 7) is 0. The van der Waals surface area contributed by atoms with Crippen molar-refractivity contribution in [2.24, 2.45) is 7.05 Å². The summed E-state index contributed by atoms with van der Waals surface area (Å²) >= 11 is 0. The van der Waals surface area contributed by atoms with Crippen molar-refractivity contribution in [3.05, 3.63) is 72.3 Å². The summed E-state index contributed by atoms with van der Waals surface area (Å²) in [7, 11) is 2.05. The maximum Gasteiger partial charge on any atom is 0.0992 e. The Morgan fingerprint density at radius 1 is 0.773 bits per heavy atom. The van der Waals surface area contributed by atoms with E-state index >= 15 is 0 Å². The molecule has 0 saturated carbocycles. The predicted octanol–water partition coefficient (Wildman–Crippen LogP) is 4.87. The summed E-state index contributed by atoms with van der Waals surface area (Å²) in [5.74, 6) is 0. The molecule has 0 aliphatic rings. The molecule has 0 N–H and O–H groups in total. The van der Waals surface area contributed by atoms with Gasteiger partial charge in [-0.2, -0.15) is 5.26 Å². The molecule has 0 saturated heterocycles. The Balaban J connectivity index is 2.04. The highest BCUT2D eigenvalue weighted by molar-refractivity contribution is 6.09. The van der Waals surface area contributed by atoms with Gasteiger partial charge in [0.1, 0.15) is 0 Å². The molecule has 4 rings (SSSR count). The van der Waals surface area contributed by atoms with Crippen molar-refractivity contribution >= 4 is 21.8 Å². The van der Waals surface area contributed by atoms with Crippen LogP contribution in [-0.4, -0.2) is 4.57 Å². The Hall–Kier alpha value is -3.05. The number of aromatic nitrogens is 1. The second-order valence-electron chi connectivity index (χ2n) is 5.50. The molecule has 0 aliphatic heterocycles. The lowest BCUT2D eigenvalue weighted by Gasteiger charge is -2.02. The lowest BCUT2D eigenvalue weighted by Crippen LogP contribution is -1.87. The quantitative estimate of drug-likeness (QED) is 0.489. The van der Waals surface area contributed by atoms with Crippen molar-refractivity contribution in [1.82, 2.24) is 4.57 Å². The van der Waals surface area contributed by atoms with Crippen molar-refractivity contribution < 1.29 is 0 Å². The van der Waals surface area contributed by atoms with E-state index in [0.717, 1.165) is 5.52 Å². The zero-order valence-electron chi connectivity index (χ0n) is 12.2. The Kier molecular flexibility index (Phi) is 2.74. The van der Waals surface area contributed by atoms with E-state index in [9.17, 15) is 0 Å².